The first kappa shape index (κ1) is 30.6. The minimum atomic E-state index is -4.78. The smallest absolute Gasteiger partial charge is 0.811 e. The number of ether oxygens (including phenoxy) is 2. The predicted octanol–water partition coefficient (Wildman–Crippen LogP) is -9.33. The normalized spacial score (nSPS) is 28.0. The summed E-state index contributed by atoms with van der Waals surface area (Å²) in [6.45, 7) is 0.156. The van der Waals surface area contributed by atoms with Crippen LogP contribution in [0, 0.1) is 0 Å². The van der Waals surface area contributed by atoms with Crippen molar-refractivity contribution in [3.63, 3.8) is 0 Å². The van der Waals surface area contributed by atoms with E-state index >= 15 is 0 Å². The number of aliphatic hydroxyl groups excluding tert-OH is 3. The van der Waals surface area contributed by atoms with Crippen LogP contribution in [0.25, 0.3) is 0 Å². The molecule has 5 atom stereocenters. The van der Waals surface area contributed by atoms with Gasteiger partial charge in [0.15, 0.2) is 6.29 Å². The van der Waals surface area contributed by atoms with Crippen LogP contribution in [0.5, 0.6) is 0 Å². The quantitative estimate of drug-likeness (QED) is 0.0554. The van der Waals surface area contributed by atoms with Crippen molar-refractivity contribution in [1.82, 2.24) is 5.43 Å². The summed E-state index contributed by atoms with van der Waals surface area (Å²) >= 11 is 0. The molecule has 1 fully saturated rings. The van der Waals surface area contributed by atoms with E-state index in [9.17, 15) is 34.5 Å². The summed E-state index contributed by atoms with van der Waals surface area (Å²) in [5, 5.41) is 29.5. The Labute approximate surface area is 202 Å². The maximum atomic E-state index is 10.9. The Hall–Kier alpha value is 1.38. The standard InChI is InChI=1S/C13H27N2O9P.2Na/c14-15-9(16)4-2-1-3-6-23-13-12(19)11(18)10(17)8(24-13)5-7-25(20,21)22;;/h8,10-13,17-19H,1-7,14H2,(H,15,16)(H2,20,21,22);;/q;2*+1/p-2/t8-,10-,11+,12+,13+;;/m1../s1. The monoisotopic (exact) mass is 430 g/mol. The molecule has 0 bridgehead atoms. The topological polar surface area (TPSA) is 197 Å². The predicted molar refractivity (Wildman–Crippen MR) is 80.5 cm³/mol. The van der Waals surface area contributed by atoms with Crippen LogP contribution in [-0.4, -0.2) is 64.7 Å². The van der Waals surface area contributed by atoms with E-state index in [2.05, 4.69) is 0 Å². The molecule has 27 heavy (non-hydrogen) atoms. The number of aliphatic hydroxyl groups is 3. The van der Waals surface area contributed by atoms with Gasteiger partial charge >= 0.3 is 59.1 Å². The molecular weight excluding hydrogens is 405 g/mol. The fourth-order valence-electron chi connectivity index (χ4n) is 2.41. The number of carbonyl (C=O) groups is 1. The van der Waals surface area contributed by atoms with Crippen molar-refractivity contribution < 1.29 is 103 Å². The summed E-state index contributed by atoms with van der Waals surface area (Å²) < 4.78 is 21.3. The number of nitrogens with one attached hydrogen (secondary N) is 1. The number of nitrogens with two attached hydrogens (primary N) is 1. The molecule has 1 amide bonds. The molecule has 0 saturated carbocycles. The van der Waals surface area contributed by atoms with E-state index in [0.717, 1.165) is 0 Å². The van der Waals surface area contributed by atoms with Gasteiger partial charge in [0.2, 0.25) is 5.91 Å². The van der Waals surface area contributed by atoms with Crippen molar-refractivity contribution >= 4 is 13.5 Å². The van der Waals surface area contributed by atoms with Crippen molar-refractivity contribution in [3.8, 4) is 0 Å². The fraction of sp³-hybridized carbons (Fsp3) is 0.923. The molecule has 0 radical (unpaired) electrons. The molecular formula is C13H25N2Na2O9P. The first-order chi connectivity index (χ1) is 11.7. The minimum Gasteiger partial charge on any atom is -0.811 e. The second-order valence-corrected chi connectivity index (χ2v) is 7.56. The Kier molecular flexibility index (Phi) is 17.2. The molecule has 0 unspecified atom stereocenters. The van der Waals surface area contributed by atoms with Gasteiger partial charge < -0.3 is 39.1 Å². The van der Waals surface area contributed by atoms with Gasteiger partial charge in [0, 0.05) is 13.0 Å². The number of hydrazine groups is 1. The number of amides is 1. The third kappa shape index (κ3) is 12.0. The SMILES string of the molecule is NNC(=O)CCCCCO[C@H]1O[C@H](CCP(=O)([O-])[O-])[C@@H](O)[C@H](O)[C@@H]1O.[Na+].[Na+]. The van der Waals surface area contributed by atoms with E-state index in [1.807, 2.05) is 5.43 Å². The van der Waals surface area contributed by atoms with E-state index in [-0.39, 0.29) is 84.5 Å². The molecule has 1 aliphatic rings. The fourth-order valence-corrected chi connectivity index (χ4v) is 2.98. The third-order valence-electron chi connectivity index (χ3n) is 3.85. The summed E-state index contributed by atoms with van der Waals surface area (Å²) in [5.74, 6) is 4.67. The van der Waals surface area contributed by atoms with Gasteiger partial charge in [-0.2, -0.15) is 0 Å². The largest absolute Gasteiger partial charge is 1.00 e. The molecule has 11 nitrogen and oxygen atoms in total. The number of carbonyl (C=O) groups excluding carboxylic acids is 1. The second kappa shape index (κ2) is 15.2. The molecule has 1 rings (SSSR count). The van der Waals surface area contributed by atoms with Crippen molar-refractivity contribution in [1.29, 1.82) is 0 Å². The Morgan fingerprint density at radius 2 is 1.74 bits per heavy atom. The average Bonchev–Trinajstić information content (AvgIpc) is 2.55. The minimum absolute atomic E-state index is 0. The molecule has 1 heterocycles. The third-order valence-corrected chi connectivity index (χ3v) is 4.65. The summed E-state index contributed by atoms with van der Waals surface area (Å²) in [7, 11) is -4.78. The van der Waals surface area contributed by atoms with Crippen molar-refractivity contribution in [2.75, 3.05) is 12.8 Å². The summed E-state index contributed by atoms with van der Waals surface area (Å²) in [4.78, 5) is 32.3. The van der Waals surface area contributed by atoms with E-state index in [1.54, 1.807) is 0 Å². The maximum absolute atomic E-state index is 10.9. The zero-order chi connectivity index (χ0) is 19.0. The Morgan fingerprint density at radius 3 is 2.30 bits per heavy atom. The molecule has 1 saturated heterocycles. The molecule has 0 aromatic carbocycles. The van der Waals surface area contributed by atoms with Crippen LogP contribution < -0.4 is 80.2 Å². The van der Waals surface area contributed by atoms with Gasteiger partial charge in [0.05, 0.1) is 6.10 Å². The average molecular weight is 430 g/mol. The van der Waals surface area contributed by atoms with Crippen LogP contribution in [-0.2, 0) is 18.8 Å². The van der Waals surface area contributed by atoms with Gasteiger partial charge in [-0.25, -0.2) is 5.84 Å². The van der Waals surface area contributed by atoms with E-state index in [4.69, 9.17) is 15.3 Å². The number of hydrogen-bond donors (Lipinski definition) is 5. The van der Waals surface area contributed by atoms with Gasteiger partial charge in [0.1, 0.15) is 18.3 Å². The first-order valence-electron chi connectivity index (χ1n) is 7.97. The van der Waals surface area contributed by atoms with Crippen LogP contribution in [0.2, 0.25) is 0 Å². The number of rotatable bonds is 10. The Bertz CT molecular complexity index is 471. The molecule has 14 heteroatoms. The van der Waals surface area contributed by atoms with Crippen LogP contribution in [0.15, 0.2) is 0 Å². The van der Waals surface area contributed by atoms with Crippen LogP contribution in [0.4, 0.5) is 0 Å². The zero-order valence-corrected chi connectivity index (χ0v) is 20.5. The van der Waals surface area contributed by atoms with Gasteiger partial charge in [-0.1, -0.05) is 14.0 Å². The summed E-state index contributed by atoms with van der Waals surface area (Å²) in [6, 6.07) is 0. The van der Waals surface area contributed by atoms with Gasteiger partial charge in [-0.05, 0) is 25.4 Å². The molecule has 0 spiro atoms. The summed E-state index contributed by atoms with van der Waals surface area (Å²) in [5.41, 5.74) is 2.01. The zero-order valence-electron chi connectivity index (χ0n) is 15.7. The van der Waals surface area contributed by atoms with Crippen molar-refractivity contribution in [2.45, 2.75) is 62.8 Å². The van der Waals surface area contributed by atoms with Gasteiger partial charge in [-0.3, -0.25) is 10.2 Å². The van der Waals surface area contributed by atoms with Gasteiger partial charge in [0.25, 0.3) is 0 Å². The molecule has 6 N–H and O–H groups in total. The maximum Gasteiger partial charge on any atom is 1.00 e. The van der Waals surface area contributed by atoms with Gasteiger partial charge in [-0.15, -0.1) is 0 Å². The number of hydrogen-bond acceptors (Lipinski definition) is 10. The van der Waals surface area contributed by atoms with Crippen LogP contribution in [0.1, 0.15) is 32.1 Å². The van der Waals surface area contributed by atoms with E-state index in [0.29, 0.717) is 19.3 Å². The van der Waals surface area contributed by atoms with Crippen LogP contribution in [0.3, 0.4) is 0 Å². The van der Waals surface area contributed by atoms with Crippen molar-refractivity contribution in [2.24, 2.45) is 5.84 Å². The number of unbranched alkanes of at least 4 members (excludes halogenated alkanes) is 2. The molecule has 0 aromatic rings. The van der Waals surface area contributed by atoms with E-state index < -0.39 is 44.5 Å². The Morgan fingerprint density at radius 1 is 1.11 bits per heavy atom. The molecule has 0 aromatic heterocycles. The Balaban J connectivity index is 0. The van der Waals surface area contributed by atoms with E-state index in [1.165, 1.54) is 0 Å². The second-order valence-electron chi connectivity index (χ2n) is 5.89. The van der Waals surface area contributed by atoms with Crippen molar-refractivity contribution in [3.05, 3.63) is 0 Å². The molecule has 0 aliphatic carbocycles. The first-order valence-corrected chi connectivity index (χ1v) is 9.70. The van der Waals surface area contributed by atoms with Crippen LogP contribution >= 0.6 is 7.60 Å². The molecule has 1 aliphatic heterocycles. The molecule has 148 valence electrons. The summed E-state index contributed by atoms with van der Waals surface area (Å²) in [6.07, 6.45) is -6.03.